The van der Waals surface area contributed by atoms with Crippen LogP contribution in [0.1, 0.15) is 22.8 Å². The van der Waals surface area contributed by atoms with Gasteiger partial charge in [0.1, 0.15) is 17.2 Å². The number of sulfonamides is 1. The lowest BCUT2D eigenvalue weighted by molar-refractivity contribution is 0.100. The molecule has 0 saturated heterocycles. The molecule has 0 spiro atoms. The first-order chi connectivity index (χ1) is 21.0. The molecule has 0 fully saturated rings. The van der Waals surface area contributed by atoms with Crippen molar-refractivity contribution in [3.63, 3.8) is 0 Å². The van der Waals surface area contributed by atoms with Crippen LogP contribution in [0.4, 0.5) is 4.39 Å². The number of rotatable bonds is 9. The molecule has 0 aliphatic heterocycles. The first-order valence-electron chi connectivity index (χ1n) is 13.6. The Morgan fingerprint density at radius 1 is 1.00 bits per heavy atom. The highest BCUT2D eigenvalue weighted by Gasteiger charge is 2.26. The quantitative estimate of drug-likeness (QED) is 0.221. The third kappa shape index (κ3) is 5.70. The summed E-state index contributed by atoms with van der Waals surface area (Å²) >= 11 is 0. The number of hydrogen-bond donors (Lipinski definition) is 2. The number of fused-ring (bicyclic) bond motifs is 2. The second-order valence-electron chi connectivity index (χ2n) is 10.5. The first kappa shape index (κ1) is 29.2. The summed E-state index contributed by atoms with van der Waals surface area (Å²) in [5.41, 5.74) is 10.1. The molecule has 3 N–H and O–H groups in total. The van der Waals surface area contributed by atoms with Gasteiger partial charge in [-0.05, 0) is 84.3 Å². The van der Waals surface area contributed by atoms with Crippen LogP contribution in [-0.2, 0) is 16.6 Å². The number of carbonyl (C=O) groups excluding carboxylic acids is 1. The van der Waals surface area contributed by atoms with Gasteiger partial charge in [-0.15, -0.1) is 0 Å². The van der Waals surface area contributed by atoms with Crippen molar-refractivity contribution >= 4 is 38.1 Å². The van der Waals surface area contributed by atoms with Gasteiger partial charge >= 0.3 is 0 Å². The predicted octanol–water partition coefficient (Wildman–Crippen LogP) is 5.35. The maximum Gasteiger partial charge on any atom is 0.253 e. The molecule has 3 aromatic heterocycles. The average molecular weight is 615 g/mol. The van der Waals surface area contributed by atoms with Crippen molar-refractivity contribution in [1.29, 1.82) is 0 Å². The van der Waals surface area contributed by atoms with Crippen LogP contribution in [0.25, 0.3) is 56.1 Å². The number of amides is 1. The van der Waals surface area contributed by atoms with E-state index in [0.717, 1.165) is 10.6 Å². The van der Waals surface area contributed by atoms with Crippen LogP contribution < -0.4 is 5.73 Å². The monoisotopic (exact) mass is 614 g/mol. The van der Waals surface area contributed by atoms with Gasteiger partial charge in [0.05, 0.1) is 17.9 Å². The van der Waals surface area contributed by atoms with Crippen LogP contribution in [0.5, 0.6) is 0 Å². The standard InChI is InChI=1S/C32H27FN4O6S/c1-18(38)16-37(44(2,40)41)17-22-14-27-25(28(30(34)39)29(42-27)19-8-10-23(33)11-9-19)15-24(22)20-5-3-6-21(13-20)32-36-31-26(43-32)7-4-12-35-31/h3-15,18,38H,16-17H2,1-2H3,(H2,34,39). The molecular formula is C32H27FN4O6S. The molecule has 0 bridgehead atoms. The first-order valence-corrected chi connectivity index (χ1v) is 15.4. The maximum absolute atomic E-state index is 13.7. The highest BCUT2D eigenvalue weighted by atomic mass is 32.2. The van der Waals surface area contributed by atoms with Crippen molar-refractivity contribution in [3.8, 4) is 33.9 Å². The number of nitrogens with zero attached hydrogens (tertiary/aromatic N) is 3. The Kier molecular flexibility index (Phi) is 7.49. The molecule has 3 heterocycles. The summed E-state index contributed by atoms with van der Waals surface area (Å²) in [6.45, 7) is 1.25. The van der Waals surface area contributed by atoms with Crippen LogP contribution in [0, 0.1) is 5.82 Å². The van der Waals surface area contributed by atoms with E-state index >= 15 is 0 Å². The molecule has 3 aromatic carbocycles. The minimum absolute atomic E-state index is 0.101. The van der Waals surface area contributed by atoms with E-state index in [1.165, 1.54) is 31.2 Å². The number of nitrogens with two attached hydrogens (primary N) is 1. The molecule has 44 heavy (non-hydrogen) atoms. The molecule has 0 aliphatic carbocycles. The molecule has 12 heteroatoms. The van der Waals surface area contributed by atoms with Gasteiger partial charge in [0, 0.05) is 35.8 Å². The number of hydrogen-bond acceptors (Lipinski definition) is 8. The summed E-state index contributed by atoms with van der Waals surface area (Å²) in [5, 5.41) is 10.5. The Hall–Kier alpha value is -4.91. The van der Waals surface area contributed by atoms with Gasteiger partial charge in [-0.2, -0.15) is 9.29 Å². The predicted molar refractivity (Wildman–Crippen MR) is 163 cm³/mol. The SMILES string of the molecule is CC(O)CN(Cc1cc2oc(-c3ccc(F)cc3)c(C(N)=O)c2cc1-c1cccc(-c2nc3ncccc3o2)c1)S(C)(=O)=O. The van der Waals surface area contributed by atoms with E-state index in [9.17, 15) is 22.7 Å². The number of aliphatic hydroxyl groups excluding tert-OH is 1. The number of furan rings is 1. The molecule has 224 valence electrons. The fourth-order valence-corrected chi connectivity index (χ4v) is 6.01. The lowest BCUT2D eigenvalue weighted by atomic mass is 9.94. The van der Waals surface area contributed by atoms with Crippen molar-refractivity contribution in [3.05, 3.63) is 95.9 Å². The van der Waals surface area contributed by atoms with Crippen molar-refractivity contribution in [1.82, 2.24) is 14.3 Å². The van der Waals surface area contributed by atoms with Crippen molar-refractivity contribution in [2.24, 2.45) is 5.73 Å². The smallest absolute Gasteiger partial charge is 0.253 e. The number of benzene rings is 3. The van der Waals surface area contributed by atoms with Crippen molar-refractivity contribution < 1.29 is 31.5 Å². The summed E-state index contributed by atoms with van der Waals surface area (Å²) in [6, 6.07) is 19.6. The van der Waals surface area contributed by atoms with Crippen molar-refractivity contribution in [2.45, 2.75) is 19.6 Å². The van der Waals surface area contributed by atoms with Crippen LogP contribution >= 0.6 is 0 Å². The number of carbonyl (C=O) groups is 1. The van der Waals surface area contributed by atoms with Gasteiger partial charge in [-0.3, -0.25) is 4.79 Å². The Morgan fingerprint density at radius 2 is 1.75 bits per heavy atom. The molecule has 10 nitrogen and oxygen atoms in total. The third-order valence-electron chi connectivity index (χ3n) is 7.14. The fourth-order valence-electron chi connectivity index (χ4n) is 5.15. The molecule has 1 amide bonds. The number of aromatic nitrogens is 2. The zero-order valence-electron chi connectivity index (χ0n) is 23.7. The van der Waals surface area contributed by atoms with Gasteiger partial charge in [0.15, 0.2) is 11.2 Å². The largest absolute Gasteiger partial charge is 0.455 e. The molecule has 0 saturated carbocycles. The molecule has 0 radical (unpaired) electrons. The number of halogens is 1. The third-order valence-corrected chi connectivity index (χ3v) is 8.35. The second-order valence-corrected chi connectivity index (χ2v) is 12.5. The van der Waals surface area contributed by atoms with Crippen LogP contribution in [0.3, 0.4) is 0 Å². The van der Waals surface area contributed by atoms with E-state index in [0.29, 0.717) is 50.3 Å². The maximum atomic E-state index is 13.7. The van der Waals surface area contributed by atoms with E-state index in [1.54, 1.807) is 36.5 Å². The fraction of sp³-hybridized carbons (Fsp3) is 0.156. The lowest BCUT2D eigenvalue weighted by Crippen LogP contribution is -2.35. The normalized spacial score (nSPS) is 12.8. The highest BCUT2D eigenvalue weighted by molar-refractivity contribution is 7.88. The van der Waals surface area contributed by atoms with E-state index in [4.69, 9.17) is 14.6 Å². The molecule has 6 rings (SSSR count). The summed E-state index contributed by atoms with van der Waals surface area (Å²) in [7, 11) is -3.74. The molecule has 0 aliphatic rings. The number of aliphatic hydroxyl groups is 1. The minimum atomic E-state index is -3.74. The minimum Gasteiger partial charge on any atom is -0.455 e. The Bertz CT molecular complexity index is 2110. The second kappa shape index (κ2) is 11.3. The number of oxazole rings is 1. The van der Waals surface area contributed by atoms with Crippen molar-refractivity contribution in [2.75, 3.05) is 12.8 Å². The Balaban J connectivity index is 1.57. The average Bonchev–Trinajstić information content (AvgIpc) is 3.58. The van der Waals surface area contributed by atoms with Gasteiger partial charge in [0.25, 0.3) is 5.91 Å². The van der Waals surface area contributed by atoms with Gasteiger partial charge in [0.2, 0.25) is 15.9 Å². The van der Waals surface area contributed by atoms with Crippen LogP contribution in [0.15, 0.2) is 87.8 Å². The van der Waals surface area contributed by atoms with E-state index < -0.39 is 27.9 Å². The van der Waals surface area contributed by atoms with E-state index in [-0.39, 0.29) is 30.0 Å². The van der Waals surface area contributed by atoms with Crippen LogP contribution in [0.2, 0.25) is 0 Å². The summed E-state index contributed by atoms with van der Waals surface area (Å²) in [6.07, 6.45) is 1.76. The highest BCUT2D eigenvalue weighted by Crippen LogP contribution is 2.39. The summed E-state index contributed by atoms with van der Waals surface area (Å²) in [4.78, 5) is 21.5. The number of primary amides is 1. The summed E-state index contributed by atoms with van der Waals surface area (Å²) < 4.78 is 52.4. The Morgan fingerprint density at radius 3 is 2.43 bits per heavy atom. The topological polar surface area (TPSA) is 153 Å². The molecule has 6 aromatic rings. The van der Waals surface area contributed by atoms with Crippen LogP contribution in [-0.4, -0.2) is 52.6 Å². The van der Waals surface area contributed by atoms with E-state index in [1.807, 2.05) is 18.2 Å². The molecular weight excluding hydrogens is 587 g/mol. The summed E-state index contributed by atoms with van der Waals surface area (Å²) in [5.74, 6) is -0.702. The molecule has 1 atom stereocenters. The van der Waals surface area contributed by atoms with Gasteiger partial charge < -0.3 is 19.7 Å². The number of pyridine rings is 1. The zero-order valence-corrected chi connectivity index (χ0v) is 24.5. The zero-order chi connectivity index (χ0) is 31.2. The Labute approximate surface area is 251 Å². The molecule has 1 unspecified atom stereocenters. The lowest BCUT2D eigenvalue weighted by Gasteiger charge is -2.23. The van der Waals surface area contributed by atoms with Gasteiger partial charge in [-0.1, -0.05) is 12.1 Å². The van der Waals surface area contributed by atoms with Gasteiger partial charge in [-0.25, -0.2) is 17.8 Å². The van der Waals surface area contributed by atoms with E-state index in [2.05, 4.69) is 9.97 Å².